The second kappa shape index (κ2) is 9.05. The lowest BCUT2D eigenvalue weighted by molar-refractivity contribution is -0.631. The van der Waals surface area contributed by atoms with E-state index in [-0.39, 0.29) is 5.82 Å². The van der Waals surface area contributed by atoms with Crippen LogP contribution in [0.5, 0.6) is 5.75 Å². The molecule has 1 atom stereocenters. The molecule has 4 aromatic rings. The van der Waals surface area contributed by atoms with Crippen molar-refractivity contribution in [2.45, 2.75) is 11.3 Å². The molecule has 0 aliphatic carbocycles. The molecule has 2 N–H and O–H groups in total. The predicted molar refractivity (Wildman–Crippen MR) is 137 cm³/mol. The van der Waals surface area contributed by atoms with Crippen molar-refractivity contribution in [1.29, 1.82) is 0 Å². The monoisotopic (exact) mass is 508 g/mol. The number of aromatic amines is 1. The van der Waals surface area contributed by atoms with Crippen LogP contribution >= 0.6 is 0 Å². The van der Waals surface area contributed by atoms with Crippen LogP contribution in [0.15, 0.2) is 47.4 Å². The summed E-state index contributed by atoms with van der Waals surface area (Å²) in [5.41, 5.74) is 3.42. The van der Waals surface area contributed by atoms with Gasteiger partial charge in [-0.1, -0.05) is 12.1 Å². The van der Waals surface area contributed by atoms with Crippen molar-refractivity contribution in [3.05, 3.63) is 54.0 Å². The average molecular weight is 509 g/mol. The molecule has 1 saturated heterocycles. The molecule has 0 radical (unpaired) electrons. The zero-order valence-electron chi connectivity index (χ0n) is 20.1. The van der Waals surface area contributed by atoms with Crippen molar-refractivity contribution < 1.29 is 17.9 Å². The third-order valence-electron chi connectivity index (χ3n) is 6.77. The number of methoxy groups -OCH3 is 1. The van der Waals surface area contributed by atoms with E-state index in [1.54, 1.807) is 19.2 Å². The average Bonchev–Trinajstić information content (AvgIpc) is 3.44. The van der Waals surface area contributed by atoms with Crippen LogP contribution in [0.3, 0.4) is 0 Å². The van der Waals surface area contributed by atoms with Crippen LogP contribution < -0.4 is 24.4 Å². The van der Waals surface area contributed by atoms with Crippen LogP contribution in [0.2, 0.25) is 0 Å². The number of hydrogen-bond donors (Lipinski definition) is 2. The van der Waals surface area contributed by atoms with Crippen molar-refractivity contribution in [2.75, 3.05) is 54.2 Å². The van der Waals surface area contributed by atoms with Crippen molar-refractivity contribution in [3.8, 4) is 5.75 Å². The van der Waals surface area contributed by atoms with Gasteiger partial charge in [-0.25, -0.2) is 18.9 Å². The van der Waals surface area contributed by atoms with E-state index in [1.807, 2.05) is 19.2 Å². The number of hydrogen-bond acceptors (Lipinski definition) is 7. The van der Waals surface area contributed by atoms with E-state index in [0.717, 1.165) is 54.6 Å². The molecule has 0 bridgehead atoms. The maximum Gasteiger partial charge on any atom is 0.358 e. The van der Waals surface area contributed by atoms with E-state index in [9.17, 15) is 8.60 Å². The lowest BCUT2D eigenvalue weighted by atomic mass is 10.3. The van der Waals surface area contributed by atoms with Gasteiger partial charge in [-0.15, -0.1) is 0 Å². The van der Waals surface area contributed by atoms with Gasteiger partial charge in [0.1, 0.15) is 16.2 Å². The number of aryl methyl sites for hydroxylation is 2. The maximum atomic E-state index is 13.7. The number of para-hydroxylation sites is 1. The molecule has 2 aromatic carbocycles. The summed E-state index contributed by atoms with van der Waals surface area (Å²) in [7, 11) is 2.56. The van der Waals surface area contributed by atoms with Crippen LogP contribution in [-0.2, 0) is 24.3 Å². The molecule has 186 valence electrons. The largest absolute Gasteiger partial charge is 0.493 e. The van der Waals surface area contributed by atoms with Gasteiger partial charge in [0, 0.05) is 17.9 Å². The summed E-state index contributed by atoms with van der Waals surface area (Å²) in [5.74, 6) is 3.12. The summed E-state index contributed by atoms with van der Waals surface area (Å²) in [6.45, 7) is 3.02. The van der Waals surface area contributed by atoms with Crippen LogP contribution in [-0.4, -0.2) is 58.2 Å². The minimum absolute atomic E-state index is 0.342. The maximum absolute atomic E-state index is 13.7. The third-order valence-corrected chi connectivity index (χ3v) is 8.22. The fourth-order valence-corrected chi connectivity index (χ4v) is 6.23. The van der Waals surface area contributed by atoms with Crippen LogP contribution in [0.25, 0.3) is 11.0 Å². The van der Waals surface area contributed by atoms with Gasteiger partial charge in [0.15, 0.2) is 17.1 Å². The Kier molecular flexibility index (Phi) is 5.71. The van der Waals surface area contributed by atoms with Gasteiger partial charge in [-0.3, -0.25) is 9.11 Å². The highest BCUT2D eigenvalue weighted by molar-refractivity contribution is 7.85. The minimum atomic E-state index is -1.17. The van der Waals surface area contributed by atoms with Crippen molar-refractivity contribution in [1.82, 2.24) is 15.0 Å². The first-order valence-corrected chi connectivity index (χ1v) is 13.2. The molecule has 6 rings (SSSR count). The lowest BCUT2D eigenvalue weighted by Crippen LogP contribution is -2.50. The van der Waals surface area contributed by atoms with Crippen molar-refractivity contribution >= 4 is 45.2 Å². The number of rotatable bonds is 5. The molecule has 2 aliphatic rings. The number of piperazine rings is 1. The Morgan fingerprint density at radius 2 is 1.89 bits per heavy atom. The van der Waals surface area contributed by atoms with E-state index in [1.165, 1.54) is 12.1 Å². The molecule has 11 heteroatoms. The highest BCUT2D eigenvalue weighted by Gasteiger charge is 2.31. The standard InChI is InChI=1S/C25H26FN7O2S/c1-31-19-7-4-8-20(35-2)21(19)29-25(31)33-12-10-32(11-13-33)24-28-18-9-14-36(34)22(18)23(30-24)27-17-6-3-5-16(26)15-17/h3-8,15H,9-14H2,1-2H3,(H,27,28,30)/p+1. The zero-order valence-corrected chi connectivity index (χ0v) is 20.9. The van der Waals surface area contributed by atoms with Gasteiger partial charge in [-0.2, -0.15) is 4.98 Å². The Labute approximate surface area is 210 Å². The van der Waals surface area contributed by atoms with Gasteiger partial charge in [0.2, 0.25) is 5.95 Å². The number of ether oxygens (including phenoxy) is 1. The first-order chi connectivity index (χ1) is 17.5. The quantitative estimate of drug-likeness (QED) is 0.401. The molecule has 0 saturated carbocycles. The fourth-order valence-electron chi connectivity index (χ4n) is 4.93. The van der Waals surface area contributed by atoms with Gasteiger partial charge in [0.25, 0.3) is 0 Å². The smallest absolute Gasteiger partial charge is 0.358 e. The number of imidazole rings is 1. The Bertz CT molecular complexity index is 1480. The second-order valence-electron chi connectivity index (χ2n) is 8.92. The summed E-state index contributed by atoms with van der Waals surface area (Å²) in [4.78, 5) is 18.1. The highest BCUT2D eigenvalue weighted by Crippen LogP contribution is 2.32. The Morgan fingerprint density at radius 3 is 2.67 bits per heavy atom. The molecule has 2 aliphatic heterocycles. The van der Waals surface area contributed by atoms with Crippen LogP contribution in [0, 0.1) is 5.82 Å². The molecule has 4 heterocycles. The van der Waals surface area contributed by atoms with E-state index in [2.05, 4.69) is 30.7 Å². The highest BCUT2D eigenvalue weighted by atomic mass is 32.2. The Balaban J connectivity index is 1.26. The first kappa shape index (κ1) is 22.7. The number of benzene rings is 2. The van der Waals surface area contributed by atoms with E-state index >= 15 is 0 Å². The summed E-state index contributed by atoms with van der Waals surface area (Å²) in [6.07, 6.45) is 0.641. The lowest BCUT2D eigenvalue weighted by Gasteiger charge is -2.32. The van der Waals surface area contributed by atoms with E-state index < -0.39 is 10.8 Å². The number of halogens is 1. The molecule has 36 heavy (non-hydrogen) atoms. The van der Waals surface area contributed by atoms with E-state index in [0.29, 0.717) is 34.5 Å². The van der Waals surface area contributed by atoms with Gasteiger partial charge in [-0.05, 0) is 30.3 Å². The number of aromatic nitrogens is 4. The molecular formula is C25H27FN7O2S+. The van der Waals surface area contributed by atoms with Crippen molar-refractivity contribution in [2.24, 2.45) is 7.05 Å². The van der Waals surface area contributed by atoms with Gasteiger partial charge >= 0.3 is 5.95 Å². The van der Waals surface area contributed by atoms with E-state index in [4.69, 9.17) is 14.7 Å². The summed E-state index contributed by atoms with van der Waals surface area (Å²) in [6, 6.07) is 12.2. The molecule has 1 fully saturated rings. The SMILES string of the molecule is COc1cccc2c1[nH]c(N1CCN(c3nc4c(c(Nc5cccc(F)c5)n3)S(=O)CC4)CC1)[n+]2C. The number of nitrogens with zero attached hydrogens (tertiary/aromatic N) is 5. The molecule has 0 amide bonds. The molecule has 9 nitrogen and oxygen atoms in total. The van der Waals surface area contributed by atoms with Crippen molar-refractivity contribution in [3.63, 3.8) is 0 Å². The number of fused-ring (bicyclic) bond motifs is 2. The number of H-pyrrole nitrogens is 1. The third kappa shape index (κ3) is 3.93. The molecule has 1 unspecified atom stereocenters. The Morgan fingerprint density at radius 1 is 1.11 bits per heavy atom. The minimum Gasteiger partial charge on any atom is -0.493 e. The Hall–Kier alpha value is -3.73. The van der Waals surface area contributed by atoms with Gasteiger partial charge < -0.3 is 15.0 Å². The van der Waals surface area contributed by atoms with Gasteiger partial charge in [0.05, 0.1) is 56.8 Å². The first-order valence-electron chi connectivity index (χ1n) is 11.9. The topological polar surface area (TPSA) is 90.3 Å². The molecular weight excluding hydrogens is 481 g/mol. The summed E-state index contributed by atoms with van der Waals surface area (Å²) in [5, 5.41) is 3.18. The normalized spacial score (nSPS) is 17.5. The number of nitrogens with one attached hydrogen (secondary N) is 2. The van der Waals surface area contributed by atoms with Crippen LogP contribution in [0.4, 0.5) is 27.8 Å². The summed E-state index contributed by atoms with van der Waals surface area (Å²) < 4.78 is 34.1. The zero-order chi connectivity index (χ0) is 24.8. The molecule has 0 spiro atoms. The number of anilines is 4. The fraction of sp³-hybridized carbons (Fsp3) is 0.320. The second-order valence-corrected chi connectivity index (χ2v) is 10.4. The van der Waals surface area contributed by atoms with Crippen LogP contribution in [0.1, 0.15) is 5.69 Å². The predicted octanol–water partition coefficient (Wildman–Crippen LogP) is 2.66. The summed E-state index contributed by atoms with van der Waals surface area (Å²) >= 11 is 0. The molecule has 2 aromatic heterocycles.